The first-order valence-corrected chi connectivity index (χ1v) is 11.8. The van der Waals surface area contributed by atoms with E-state index in [0.717, 1.165) is 19.3 Å². The number of hydrogen-bond acceptors (Lipinski definition) is 4. The normalized spacial score (nSPS) is 16.0. The number of aliphatic hydroxyl groups is 1. The molecule has 160 valence electrons. The number of hydrogen-bond donors (Lipinski definition) is 2. The maximum atomic E-state index is 12.7. The van der Waals surface area contributed by atoms with Crippen molar-refractivity contribution in [1.82, 2.24) is 9.62 Å². The molecule has 3 rings (SSSR count). The second-order valence-electron chi connectivity index (χ2n) is 9.02. The zero-order valence-electron chi connectivity index (χ0n) is 18.0. The van der Waals surface area contributed by atoms with E-state index in [9.17, 15) is 13.5 Å². The molecule has 1 unspecified atom stereocenters. The number of likely N-dealkylation sites (N-methyl/N-ethyl adjacent to an activating group) is 1. The van der Waals surface area contributed by atoms with Gasteiger partial charge in [-0.15, -0.1) is 0 Å². The van der Waals surface area contributed by atoms with Crippen molar-refractivity contribution in [1.29, 1.82) is 0 Å². The number of benzene rings is 2. The highest BCUT2D eigenvalue weighted by Gasteiger charge is 2.29. The summed E-state index contributed by atoms with van der Waals surface area (Å²) < 4.78 is 26.5. The van der Waals surface area contributed by atoms with E-state index in [1.165, 1.54) is 34.6 Å². The quantitative estimate of drug-likeness (QED) is 0.599. The minimum atomic E-state index is -3.66. The highest BCUT2D eigenvalue weighted by atomic mass is 32.2. The Labute approximate surface area is 182 Å². The SMILES string of the molecule is [B]c1ccc(S(=O)(=O)N(C)CC(O)CNC(C)(C)CC2Cc3ccccc3C2)cc1. The number of fused-ring (bicyclic) bond motifs is 1. The van der Waals surface area contributed by atoms with Crippen molar-refractivity contribution in [2.24, 2.45) is 5.92 Å². The largest absolute Gasteiger partial charge is 0.390 e. The molecule has 1 aliphatic carbocycles. The van der Waals surface area contributed by atoms with Crippen molar-refractivity contribution < 1.29 is 13.5 Å². The van der Waals surface area contributed by atoms with Crippen LogP contribution in [0.4, 0.5) is 0 Å². The summed E-state index contributed by atoms with van der Waals surface area (Å²) in [5, 5.41) is 13.9. The van der Waals surface area contributed by atoms with Gasteiger partial charge in [0.1, 0.15) is 7.85 Å². The summed E-state index contributed by atoms with van der Waals surface area (Å²) in [4.78, 5) is 0.167. The van der Waals surface area contributed by atoms with Gasteiger partial charge in [0.25, 0.3) is 0 Å². The van der Waals surface area contributed by atoms with Crippen molar-refractivity contribution in [3.8, 4) is 0 Å². The van der Waals surface area contributed by atoms with Crippen LogP contribution in [0.5, 0.6) is 0 Å². The van der Waals surface area contributed by atoms with Crippen molar-refractivity contribution in [3.63, 3.8) is 0 Å². The number of nitrogens with one attached hydrogen (secondary N) is 1. The summed E-state index contributed by atoms with van der Waals surface area (Å²) in [6.07, 6.45) is 2.37. The minimum absolute atomic E-state index is 0.0185. The molecule has 2 radical (unpaired) electrons. The second kappa shape index (κ2) is 9.22. The summed E-state index contributed by atoms with van der Waals surface area (Å²) in [5.74, 6) is 0.579. The van der Waals surface area contributed by atoms with Gasteiger partial charge >= 0.3 is 0 Å². The van der Waals surface area contributed by atoms with Crippen LogP contribution in [0, 0.1) is 5.92 Å². The summed E-state index contributed by atoms with van der Waals surface area (Å²) in [7, 11) is 3.45. The zero-order valence-corrected chi connectivity index (χ0v) is 18.8. The lowest BCUT2D eigenvalue weighted by molar-refractivity contribution is 0.135. The van der Waals surface area contributed by atoms with E-state index >= 15 is 0 Å². The fraction of sp³-hybridized carbons (Fsp3) is 0.478. The third-order valence-corrected chi connectivity index (χ3v) is 7.64. The number of sulfonamides is 1. The van der Waals surface area contributed by atoms with Crippen LogP contribution in [-0.2, 0) is 22.9 Å². The topological polar surface area (TPSA) is 69.6 Å². The first kappa shape index (κ1) is 23.0. The Balaban J connectivity index is 1.49. The van der Waals surface area contributed by atoms with Gasteiger partial charge in [-0.1, -0.05) is 41.9 Å². The highest BCUT2D eigenvalue weighted by molar-refractivity contribution is 7.89. The van der Waals surface area contributed by atoms with Crippen LogP contribution >= 0.6 is 0 Å². The van der Waals surface area contributed by atoms with Gasteiger partial charge in [0, 0.05) is 25.7 Å². The number of nitrogens with zero attached hydrogens (tertiary/aromatic N) is 1. The molecule has 30 heavy (non-hydrogen) atoms. The fourth-order valence-electron chi connectivity index (χ4n) is 4.26. The molecule has 0 heterocycles. The number of rotatable bonds is 9. The van der Waals surface area contributed by atoms with Gasteiger partial charge in [-0.2, -0.15) is 4.31 Å². The fourth-order valence-corrected chi connectivity index (χ4v) is 5.47. The lowest BCUT2D eigenvalue weighted by Crippen LogP contribution is -2.47. The summed E-state index contributed by atoms with van der Waals surface area (Å²) in [5.41, 5.74) is 3.23. The summed E-state index contributed by atoms with van der Waals surface area (Å²) in [6.45, 7) is 4.62. The molecule has 1 aliphatic rings. The third kappa shape index (κ3) is 5.73. The van der Waals surface area contributed by atoms with E-state index in [1.54, 1.807) is 12.1 Å². The smallest absolute Gasteiger partial charge is 0.242 e. The van der Waals surface area contributed by atoms with E-state index in [4.69, 9.17) is 7.85 Å². The molecular weight excluding hydrogens is 395 g/mol. The Bertz CT molecular complexity index is 936. The van der Waals surface area contributed by atoms with E-state index in [0.29, 0.717) is 17.9 Å². The molecule has 2 aromatic carbocycles. The molecule has 0 aromatic heterocycles. The number of aliphatic hydroxyl groups excluding tert-OH is 1. The van der Waals surface area contributed by atoms with Gasteiger partial charge in [-0.3, -0.25) is 0 Å². The molecule has 1 atom stereocenters. The average Bonchev–Trinajstić information content (AvgIpc) is 3.08. The summed E-state index contributed by atoms with van der Waals surface area (Å²) >= 11 is 0. The van der Waals surface area contributed by atoms with Gasteiger partial charge in [0.15, 0.2) is 0 Å². The van der Waals surface area contributed by atoms with Gasteiger partial charge in [-0.05, 0) is 62.3 Å². The van der Waals surface area contributed by atoms with Crippen molar-refractivity contribution in [2.75, 3.05) is 20.1 Å². The zero-order chi connectivity index (χ0) is 21.9. The predicted octanol–water partition coefficient (Wildman–Crippen LogP) is 1.64. The highest BCUT2D eigenvalue weighted by Crippen LogP contribution is 2.31. The van der Waals surface area contributed by atoms with Crippen LogP contribution in [0.1, 0.15) is 31.4 Å². The van der Waals surface area contributed by atoms with E-state index in [-0.39, 0.29) is 17.0 Å². The molecule has 0 saturated carbocycles. The lowest BCUT2D eigenvalue weighted by atomic mass is 9.88. The molecule has 2 N–H and O–H groups in total. The molecule has 2 aromatic rings. The molecule has 0 amide bonds. The van der Waals surface area contributed by atoms with Gasteiger partial charge < -0.3 is 10.4 Å². The summed E-state index contributed by atoms with van der Waals surface area (Å²) in [6, 6.07) is 14.7. The standard InChI is InChI=1S/C23H31BN2O3S/c1-23(2,14-17-12-18-6-4-5-7-19(18)13-17)25-15-21(27)16-26(3)30(28,29)22-10-8-20(24)9-11-22/h4-11,17,21,25,27H,12-16H2,1-3H3. The Hall–Kier alpha value is -1.67. The van der Waals surface area contributed by atoms with Crippen LogP contribution in [0.15, 0.2) is 53.4 Å². The van der Waals surface area contributed by atoms with Crippen molar-refractivity contribution in [3.05, 3.63) is 59.7 Å². The van der Waals surface area contributed by atoms with E-state index < -0.39 is 16.1 Å². The second-order valence-corrected chi connectivity index (χ2v) is 11.1. The molecule has 0 saturated heterocycles. The lowest BCUT2D eigenvalue weighted by Gasteiger charge is -2.31. The Morgan fingerprint density at radius 3 is 2.27 bits per heavy atom. The first-order valence-electron chi connectivity index (χ1n) is 10.4. The molecule has 5 nitrogen and oxygen atoms in total. The monoisotopic (exact) mass is 426 g/mol. The van der Waals surface area contributed by atoms with Gasteiger partial charge in [-0.25, -0.2) is 8.42 Å². The third-order valence-electron chi connectivity index (χ3n) is 5.81. The van der Waals surface area contributed by atoms with E-state index in [1.807, 2.05) is 0 Å². The maximum absolute atomic E-state index is 12.7. The van der Waals surface area contributed by atoms with Crippen LogP contribution < -0.4 is 10.8 Å². The number of β-amino-alcohol motifs (C(OH)–C–C–N with tert-alkyl or cyclic N) is 1. The molecule has 0 spiro atoms. The molecular formula is C23H31BN2O3S. The average molecular weight is 426 g/mol. The van der Waals surface area contributed by atoms with Gasteiger partial charge in [0.2, 0.25) is 10.0 Å². The Morgan fingerprint density at radius 1 is 1.13 bits per heavy atom. The molecule has 0 bridgehead atoms. The van der Waals surface area contributed by atoms with Crippen molar-refractivity contribution in [2.45, 2.75) is 49.6 Å². The van der Waals surface area contributed by atoms with E-state index in [2.05, 4.69) is 43.4 Å². The molecule has 0 aliphatic heterocycles. The Morgan fingerprint density at radius 2 is 1.70 bits per heavy atom. The first-order chi connectivity index (χ1) is 14.1. The molecule has 7 heteroatoms. The van der Waals surface area contributed by atoms with Crippen LogP contribution in [0.2, 0.25) is 0 Å². The minimum Gasteiger partial charge on any atom is -0.390 e. The van der Waals surface area contributed by atoms with Gasteiger partial charge in [0.05, 0.1) is 11.0 Å². The molecule has 0 fully saturated rings. The van der Waals surface area contributed by atoms with Crippen LogP contribution in [0.25, 0.3) is 0 Å². The predicted molar refractivity (Wildman–Crippen MR) is 122 cm³/mol. The Kier molecular flexibility index (Phi) is 7.07. The van der Waals surface area contributed by atoms with Crippen molar-refractivity contribution >= 4 is 23.3 Å². The van der Waals surface area contributed by atoms with Crippen LogP contribution in [0.3, 0.4) is 0 Å². The van der Waals surface area contributed by atoms with Crippen LogP contribution in [-0.4, -0.2) is 57.5 Å². The maximum Gasteiger partial charge on any atom is 0.242 e.